The van der Waals surface area contributed by atoms with E-state index in [9.17, 15) is 14.0 Å². The minimum Gasteiger partial charge on any atom is -0.453 e. The topological polar surface area (TPSA) is 67.4 Å². The molecule has 2 N–H and O–H groups in total. The molecule has 0 aliphatic heterocycles. The van der Waals surface area contributed by atoms with E-state index in [4.69, 9.17) is 0 Å². The van der Waals surface area contributed by atoms with Crippen molar-refractivity contribution in [2.24, 2.45) is 5.92 Å². The fraction of sp³-hybridized carbons (Fsp3) is 0.529. The van der Waals surface area contributed by atoms with Crippen LogP contribution in [0.15, 0.2) is 24.3 Å². The van der Waals surface area contributed by atoms with Gasteiger partial charge in [-0.1, -0.05) is 26.0 Å². The van der Waals surface area contributed by atoms with Crippen LogP contribution in [-0.4, -0.2) is 31.2 Å². The summed E-state index contributed by atoms with van der Waals surface area (Å²) in [7, 11) is 1.26. The van der Waals surface area contributed by atoms with Crippen LogP contribution < -0.4 is 10.6 Å². The summed E-state index contributed by atoms with van der Waals surface area (Å²) in [5, 5.41) is 5.43. The van der Waals surface area contributed by atoms with Crippen LogP contribution in [0, 0.1) is 11.7 Å². The van der Waals surface area contributed by atoms with Gasteiger partial charge in [-0.25, -0.2) is 9.18 Å². The molecule has 2 unspecified atom stereocenters. The predicted molar refractivity (Wildman–Crippen MR) is 86.5 cm³/mol. The Morgan fingerprint density at radius 3 is 2.26 bits per heavy atom. The minimum absolute atomic E-state index is 0.137. The molecule has 0 aliphatic rings. The van der Waals surface area contributed by atoms with E-state index < -0.39 is 12.1 Å². The summed E-state index contributed by atoms with van der Waals surface area (Å²) in [5.74, 6) is -0.293. The van der Waals surface area contributed by atoms with E-state index >= 15 is 0 Å². The Bertz CT molecular complexity index is 517. The number of hydrogen-bond acceptors (Lipinski definition) is 3. The SMILES string of the molecule is COC(=O)NC(CC(C)C)C(=O)NC(C)Cc1ccc(F)cc1. The first-order chi connectivity index (χ1) is 10.8. The van der Waals surface area contributed by atoms with Gasteiger partial charge in [0.15, 0.2) is 0 Å². The van der Waals surface area contributed by atoms with Crippen LogP contribution >= 0.6 is 0 Å². The van der Waals surface area contributed by atoms with Crippen LogP contribution in [0.3, 0.4) is 0 Å². The van der Waals surface area contributed by atoms with Gasteiger partial charge in [-0.3, -0.25) is 4.79 Å². The molecule has 6 heteroatoms. The lowest BCUT2D eigenvalue weighted by molar-refractivity contribution is -0.124. The van der Waals surface area contributed by atoms with Gasteiger partial charge in [0, 0.05) is 6.04 Å². The standard InChI is InChI=1S/C17H25FN2O3/c1-11(2)9-15(20-17(22)23-4)16(21)19-12(3)10-13-5-7-14(18)8-6-13/h5-8,11-12,15H,9-10H2,1-4H3,(H,19,21)(H,20,22). The molecular weight excluding hydrogens is 299 g/mol. The highest BCUT2D eigenvalue weighted by Crippen LogP contribution is 2.08. The van der Waals surface area contributed by atoms with Crippen LogP contribution in [0.5, 0.6) is 0 Å². The zero-order valence-corrected chi connectivity index (χ0v) is 14.1. The Kier molecular flexibility index (Phi) is 7.51. The highest BCUT2D eigenvalue weighted by molar-refractivity contribution is 5.85. The van der Waals surface area contributed by atoms with Gasteiger partial charge in [-0.05, 0) is 43.4 Å². The van der Waals surface area contributed by atoms with Gasteiger partial charge < -0.3 is 15.4 Å². The number of benzene rings is 1. The van der Waals surface area contributed by atoms with Crippen molar-refractivity contribution in [3.63, 3.8) is 0 Å². The second-order valence-electron chi connectivity index (χ2n) is 6.06. The molecule has 23 heavy (non-hydrogen) atoms. The summed E-state index contributed by atoms with van der Waals surface area (Å²) >= 11 is 0. The molecule has 128 valence electrons. The second kappa shape index (κ2) is 9.12. The summed E-state index contributed by atoms with van der Waals surface area (Å²) < 4.78 is 17.5. The van der Waals surface area contributed by atoms with Gasteiger partial charge >= 0.3 is 6.09 Å². The summed E-state index contributed by atoms with van der Waals surface area (Å²) in [6, 6.07) is 5.39. The number of halogens is 1. The Balaban J connectivity index is 2.61. The van der Waals surface area contributed by atoms with Gasteiger partial charge in [-0.15, -0.1) is 0 Å². The van der Waals surface area contributed by atoms with E-state index in [1.165, 1.54) is 19.2 Å². The monoisotopic (exact) mass is 324 g/mol. The molecule has 0 saturated heterocycles. The number of amides is 2. The van der Waals surface area contributed by atoms with Crippen LogP contribution in [0.4, 0.5) is 9.18 Å². The normalized spacial score (nSPS) is 13.3. The second-order valence-corrected chi connectivity index (χ2v) is 6.06. The molecule has 0 radical (unpaired) electrons. The fourth-order valence-corrected chi connectivity index (χ4v) is 2.27. The highest BCUT2D eigenvalue weighted by atomic mass is 19.1. The quantitative estimate of drug-likeness (QED) is 0.810. The average Bonchev–Trinajstić information content (AvgIpc) is 2.48. The maximum atomic E-state index is 12.9. The van der Waals surface area contributed by atoms with E-state index in [2.05, 4.69) is 15.4 Å². The third-order valence-electron chi connectivity index (χ3n) is 3.34. The van der Waals surface area contributed by atoms with Gasteiger partial charge in [-0.2, -0.15) is 0 Å². The van der Waals surface area contributed by atoms with Crippen molar-refractivity contribution in [2.45, 2.75) is 45.7 Å². The van der Waals surface area contributed by atoms with E-state index in [-0.39, 0.29) is 23.7 Å². The van der Waals surface area contributed by atoms with Crippen LogP contribution in [0.25, 0.3) is 0 Å². The molecule has 1 aromatic carbocycles. The molecule has 1 aromatic rings. The molecule has 0 fully saturated rings. The molecule has 0 aliphatic carbocycles. The molecule has 0 spiro atoms. The summed E-state index contributed by atoms with van der Waals surface area (Å²) in [4.78, 5) is 23.7. The van der Waals surface area contributed by atoms with Gasteiger partial charge in [0.05, 0.1) is 7.11 Å². The van der Waals surface area contributed by atoms with E-state index in [1.807, 2.05) is 20.8 Å². The predicted octanol–water partition coefficient (Wildman–Crippen LogP) is 2.64. The number of methoxy groups -OCH3 is 1. The molecule has 0 saturated carbocycles. The first-order valence-corrected chi connectivity index (χ1v) is 7.71. The lowest BCUT2D eigenvalue weighted by atomic mass is 10.0. The van der Waals surface area contributed by atoms with Gasteiger partial charge in [0.2, 0.25) is 5.91 Å². The van der Waals surface area contributed by atoms with Crippen LogP contribution in [-0.2, 0) is 16.0 Å². The number of nitrogens with one attached hydrogen (secondary N) is 2. The molecule has 1 rings (SSSR count). The van der Waals surface area contributed by atoms with E-state index in [0.717, 1.165) is 5.56 Å². The van der Waals surface area contributed by atoms with Crippen molar-refractivity contribution in [3.05, 3.63) is 35.6 Å². The zero-order valence-electron chi connectivity index (χ0n) is 14.1. The average molecular weight is 324 g/mol. The van der Waals surface area contributed by atoms with Crippen molar-refractivity contribution in [1.82, 2.24) is 10.6 Å². The number of carbonyl (C=O) groups is 2. The van der Waals surface area contributed by atoms with Crippen molar-refractivity contribution in [1.29, 1.82) is 0 Å². The third kappa shape index (κ3) is 7.13. The molecule has 5 nitrogen and oxygen atoms in total. The summed E-state index contributed by atoms with van der Waals surface area (Å²) in [5.41, 5.74) is 0.931. The maximum absolute atomic E-state index is 12.9. The smallest absolute Gasteiger partial charge is 0.407 e. The number of carbonyl (C=O) groups excluding carboxylic acids is 2. The largest absolute Gasteiger partial charge is 0.453 e. The Hall–Kier alpha value is -2.11. The van der Waals surface area contributed by atoms with E-state index in [0.29, 0.717) is 12.8 Å². The number of rotatable bonds is 7. The van der Waals surface area contributed by atoms with Gasteiger partial charge in [0.25, 0.3) is 0 Å². The van der Waals surface area contributed by atoms with Crippen molar-refractivity contribution in [3.8, 4) is 0 Å². The Morgan fingerprint density at radius 1 is 1.13 bits per heavy atom. The molecule has 0 bridgehead atoms. The lowest BCUT2D eigenvalue weighted by Gasteiger charge is -2.22. The number of alkyl carbamates (subject to hydrolysis) is 1. The first-order valence-electron chi connectivity index (χ1n) is 7.71. The van der Waals surface area contributed by atoms with E-state index in [1.54, 1.807) is 12.1 Å². The first kappa shape index (κ1) is 18.9. The zero-order chi connectivity index (χ0) is 17.4. The summed E-state index contributed by atoms with van der Waals surface area (Å²) in [6.45, 7) is 5.81. The van der Waals surface area contributed by atoms with Crippen molar-refractivity contribution < 1.29 is 18.7 Å². The Morgan fingerprint density at radius 2 is 1.74 bits per heavy atom. The molecular formula is C17H25FN2O3. The lowest BCUT2D eigenvalue weighted by Crippen LogP contribution is -2.50. The maximum Gasteiger partial charge on any atom is 0.407 e. The summed E-state index contributed by atoms with van der Waals surface area (Å²) in [6.07, 6.45) is 0.472. The Labute approximate surface area is 136 Å². The number of ether oxygens (including phenoxy) is 1. The molecule has 2 amide bonds. The number of hydrogen-bond donors (Lipinski definition) is 2. The third-order valence-corrected chi connectivity index (χ3v) is 3.34. The molecule has 0 aromatic heterocycles. The van der Waals surface area contributed by atoms with Crippen LogP contribution in [0.1, 0.15) is 32.8 Å². The van der Waals surface area contributed by atoms with Gasteiger partial charge in [0.1, 0.15) is 11.9 Å². The molecule has 2 atom stereocenters. The van der Waals surface area contributed by atoms with Crippen LogP contribution in [0.2, 0.25) is 0 Å². The van der Waals surface area contributed by atoms with Crippen molar-refractivity contribution in [2.75, 3.05) is 7.11 Å². The molecule has 0 heterocycles. The minimum atomic E-state index is -0.641. The van der Waals surface area contributed by atoms with Crippen molar-refractivity contribution >= 4 is 12.0 Å². The fourth-order valence-electron chi connectivity index (χ4n) is 2.27. The highest BCUT2D eigenvalue weighted by Gasteiger charge is 2.23.